The molecular weight excluding hydrogens is 214 g/mol. The van der Waals surface area contributed by atoms with Gasteiger partial charge in [-0.15, -0.1) is 0 Å². The molecule has 0 aliphatic rings. The number of halogens is 1. The van der Waals surface area contributed by atoms with Crippen LogP contribution in [0.1, 0.15) is 12.0 Å². The van der Waals surface area contributed by atoms with Gasteiger partial charge in [0.2, 0.25) is 0 Å². The Hall–Kier alpha value is -0.770. The predicted octanol–water partition coefficient (Wildman–Crippen LogP) is 2.48. The molecule has 0 heterocycles. The first-order valence-electron chi connectivity index (χ1n) is 4.85. The number of methoxy groups -OCH3 is 1. The van der Waals surface area contributed by atoms with Gasteiger partial charge in [0.25, 0.3) is 0 Å². The van der Waals surface area contributed by atoms with Gasteiger partial charge in [0.05, 0.1) is 6.61 Å². The van der Waals surface area contributed by atoms with Gasteiger partial charge >= 0.3 is 0 Å². The van der Waals surface area contributed by atoms with Crippen LogP contribution in [-0.2, 0) is 16.1 Å². The Morgan fingerprint density at radius 1 is 1.33 bits per heavy atom. The first-order valence-corrected chi connectivity index (χ1v) is 5.23. The molecule has 0 spiro atoms. The Bertz CT molecular complexity index is 284. The van der Waals surface area contributed by atoms with Gasteiger partial charge in [-0.05, 0) is 18.6 Å². The fourth-order valence-corrected chi connectivity index (χ4v) is 1.44. The molecule has 3 nitrogen and oxygen atoms in total. The molecule has 1 aromatic rings. The SMILES string of the molecule is COCCCOCc1c(N)cccc1Cl. The lowest BCUT2D eigenvalue weighted by molar-refractivity contribution is 0.0932. The van der Waals surface area contributed by atoms with Gasteiger partial charge < -0.3 is 15.2 Å². The maximum Gasteiger partial charge on any atom is 0.0751 e. The normalized spacial score (nSPS) is 10.5. The Kier molecular flexibility index (Phi) is 5.47. The van der Waals surface area contributed by atoms with Crippen molar-refractivity contribution >= 4 is 17.3 Å². The minimum absolute atomic E-state index is 0.454. The molecule has 0 radical (unpaired) electrons. The fraction of sp³-hybridized carbons (Fsp3) is 0.455. The molecule has 84 valence electrons. The summed E-state index contributed by atoms with van der Waals surface area (Å²) in [7, 11) is 1.67. The van der Waals surface area contributed by atoms with Crippen molar-refractivity contribution in [2.24, 2.45) is 0 Å². The topological polar surface area (TPSA) is 44.5 Å². The maximum atomic E-state index is 5.98. The van der Waals surface area contributed by atoms with E-state index in [9.17, 15) is 0 Å². The second-order valence-corrected chi connectivity index (χ2v) is 3.61. The molecule has 0 aliphatic carbocycles. The van der Waals surface area contributed by atoms with Crippen molar-refractivity contribution in [2.45, 2.75) is 13.0 Å². The van der Waals surface area contributed by atoms with E-state index in [0.717, 1.165) is 12.0 Å². The second-order valence-electron chi connectivity index (χ2n) is 3.21. The summed E-state index contributed by atoms with van der Waals surface area (Å²) in [5, 5.41) is 0.654. The lowest BCUT2D eigenvalue weighted by atomic mass is 10.2. The lowest BCUT2D eigenvalue weighted by Gasteiger charge is -2.08. The van der Waals surface area contributed by atoms with Crippen molar-refractivity contribution in [3.63, 3.8) is 0 Å². The molecule has 0 aliphatic heterocycles. The minimum Gasteiger partial charge on any atom is -0.398 e. The van der Waals surface area contributed by atoms with Crippen LogP contribution in [0.15, 0.2) is 18.2 Å². The van der Waals surface area contributed by atoms with E-state index in [1.807, 2.05) is 18.2 Å². The van der Waals surface area contributed by atoms with Crippen molar-refractivity contribution in [2.75, 3.05) is 26.1 Å². The van der Waals surface area contributed by atoms with Gasteiger partial charge in [-0.1, -0.05) is 17.7 Å². The summed E-state index contributed by atoms with van der Waals surface area (Å²) in [6.07, 6.45) is 0.876. The van der Waals surface area contributed by atoms with Crippen molar-refractivity contribution in [3.05, 3.63) is 28.8 Å². The quantitative estimate of drug-likeness (QED) is 0.602. The maximum absolute atomic E-state index is 5.98. The summed E-state index contributed by atoms with van der Waals surface area (Å²) in [6.45, 7) is 1.81. The van der Waals surface area contributed by atoms with Crippen molar-refractivity contribution in [1.29, 1.82) is 0 Å². The average molecular weight is 230 g/mol. The van der Waals surface area contributed by atoms with Gasteiger partial charge in [-0.25, -0.2) is 0 Å². The van der Waals surface area contributed by atoms with E-state index in [1.165, 1.54) is 0 Å². The van der Waals surface area contributed by atoms with Crippen LogP contribution < -0.4 is 5.73 Å². The highest BCUT2D eigenvalue weighted by atomic mass is 35.5. The molecule has 0 saturated heterocycles. The molecule has 0 bridgehead atoms. The van der Waals surface area contributed by atoms with E-state index in [-0.39, 0.29) is 0 Å². The van der Waals surface area contributed by atoms with Crippen LogP contribution in [0.2, 0.25) is 5.02 Å². The summed E-state index contributed by atoms with van der Waals surface area (Å²) in [5.41, 5.74) is 7.31. The van der Waals surface area contributed by atoms with Crippen LogP contribution in [0.25, 0.3) is 0 Å². The highest BCUT2D eigenvalue weighted by Crippen LogP contribution is 2.22. The minimum atomic E-state index is 0.454. The number of benzene rings is 1. The van der Waals surface area contributed by atoms with Crippen LogP contribution in [-0.4, -0.2) is 20.3 Å². The van der Waals surface area contributed by atoms with Gasteiger partial charge in [0.1, 0.15) is 0 Å². The van der Waals surface area contributed by atoms with E-state index in [0.29, 0.717) is 30.5 Å². The molecule has 2 N–H and O–H groups in total. The number of hydrogen-bond donors (Lipinski definition) is 1. The molecular formula is C11H16ClNO2. The summed E-state index contributed by atoms with van der Waals surface area (Å²) >= 11 is 5.98. The Balaban J connectivity index is 2.37. The van der Waals surface area contributed by atoms with E-state index >= 15 is 0 Å². The first kappa shape index (κ1) is 12.3. The number of rotatable bonds is 6. The number of nitrogens with two attached hydrogens (primary N) is 1. The summed E-state index contributed by atoms with van der Waals surface area (Å²) in [4.78, 5) is 0. The zero-order chi connectivity index (χ0) is 11.1. The van der Waals surface area contributed by atoms with Crippen LogP contribution in [0, 0.1) is 0 Å². The number of ether oxygens (including phenoxy) is 2. The summed E-state index contributed by atoms with van der Waals surface area (Å²) < 4.78 is 10.3. The second kappa shape index (κ2) is 6.67. The summed E-state index contributed by atoms with van der Waals surface area (Å²) in [6, 6.07) is 5.46. The molecule has 0 aromatic heterocycles. The van der Waals surface area contributed by atoms with Gasteiger partial charge in [-0.3, -0.25) is 0 Å². The third-order valence-corrected chi connectivity index (χ3v) is 2.39. The van der Waals surface area contributed by atoms with E-state index < -0.39 is 0 Å². The molecule has 1 aromatic carbocycles. The Morgan fingerprint density at radius 2 is 2.13 bits per heavy atom. The lowest BCUT2D eigenvalue weighted by Crippen LogP contribution is -2.02. The van der Waals surface area contributed by atoms with Crippen molar-refractivity contribution in [1.82, 2.24) is 0 Å². The molecule has 0 fully saturated rings. The number of anilines is 1. The zero-order valence-electron chi connectivity index (χ0n) is 8.83. The smallest absolute Gasteiger partial charge is 0.0751 e. The average Bonchev–Trinajstić information content (AvgIpc) is 2.21. The highest BCUT2D eigenvalue weighted by molar-refractivity contribution is 6.31. The van der Waals surface area contributed by atoms with Gasteiger partial charge in [-0.2, -0.15) is 0 Å². The third kappa shape index (κ3) is 4.08. The highest BCUT2D eigenvalue weighted by Gasteiger charge is 2.03. The standard InChI is InChI=1S/C11H16ClNO2/c1-14-6-3-7-15-8-9-10(12)4-2-5-11(9)13/h2,4-5H,3,6-8,13H2,1H3. The van der Waals surface area contributed by atoms with E-state index in [1.54, 1.807) is 7.11 Å². The van der Waals surface area contributed by atoms with E-state index in [2.05, 4.69) is 0 Å². The number of hydrogen-bond acceptors (Lipinski definition) is 3. The third-order valence-electron chi connectivity index (χ3n) is 2.04. The molecule has 0 atom stereocenters. The Labute approximate surface area is 95.1 Å². The first-order chi connectivity index (χ1) is 7.25. The zero-order valence-corrected chi connectivity index (χ0v) is 9.59. The van der Waals surface area contributed by atoms with Crippen molar-refractivity contribution in [3.8, 4) is 0 Å². The van der Waals surface area contributed by atoms with Crippen LogP contribution in [0.5, 0.6) is 0 Å². The van der Waals surface area contributed by atoms with Crippen molar-refractivity contribution < 1.29 is 9.47 Å². The summed E-state index contributed by atoms with van der Waals surface area (Å²) in [5.74, 6) is 0. The molecule has 15 heavy (non-hydrogen) atoms. The molecule has 4 heteroatoms. The van der Waals surface area contributed by atoms with Gasteiger partial charge in [0, 0.05) is 36.6 Å². The van der Waals surface area contributed by atoms with E-state index in [4.69, 9.17) is 26.8 Å². The Morgan fingerprint density at radius 3 is 2.80 bits per heavy atom. The molecule has 1 rings (SSSR count). The van der Waals surface area contributed by atoms with Crippen LogP contribution in [0.3, 0.4) is 0 Å². The molecule has 0 saturated carbocycles. The monoisotopic (exact) mass is 229 g/mol. The largest absolute Gasteiger partial charge is 0.398 e. The van der Waals surface area contributed by atoms with Crippen LogP contribution in [0.4, 0.5) is 5.69 Å². The van der Waals surface area contributed by atoms with Gasteiger partial charge in [0.15, 0.2) is 0 Å². The molecule has 0 amide bonds. The van der Waals surface area contributed by atoms with Crippen LogP contribution >= 0.6 is 11.6 Å². The molecule has 0 unspecified atom stereocenters. The predicted molar refractivity (Wildman–Crippen MR) is 62.0 cm³/mol. The fourth-order valence-electron chi connectivity index (χ4n) is 1.21. The number of nitrogen functional groups attached to an aromatic ring is 1.